The third-order valence-electron chi connectivity index (χ3n) is 2.14. The lowest BCUT2D eigenvalue weighted by Gasteiger charge is -2.08. The molecule has 90 valence electrons. The smallest absolute Gasteiger partial charge is 0.332 e. The second-order valence-electron chi connectivity index (χ2n) is 3.46. The monoisotopic (exact) mass is 228 g/mol. The predicted octanol–water partition coefficient (Wildman–Crippen LogP) is 0.463. The Bertz CT molecular complexity index is 339. The molecule has 1 rings (SSSR count). The van der Waals surface area contributed by atoms with Crippen LogP contribution in [0.2, 0.25) is 0 Å². The Labute approximate surface area is 93.4 Å². The Kier molecular flexibility index (Phi) is 4.84. The van der Waals surface area contributed by atoms with Gasteiger partial charge in [-0.25, -0.2) is 9.48 Å². The minimum absolute atomic E-state index is 0.115. The molecule has 0 saturated carbocycles. The summed E-state index contributed by atoms with van der Waals surface area (Å²) in [7, 11) is 0. The molecule has 0 aliphatic carbocycles. The first-order chi connectivity index (χ1) is 7.65. The van der Waals surface area contributed by atoms with Crippen molar-refractivity contribution in [2.75, 3.05) is 0 Å². The zero-order valence-corrected chi connectivity index (χ0v) is 9.46. The van der Waals surface area contributed by atoms with E-state index in [0.29, 0.717) is 5.82 Å². The minimum Gasteiger partial charge on any atom is -0.479 e. The Morgan fingerprint density at radius 2 is 2.38 bits per heavy atom. The average molecular weight is 228 g/mol. The first-order valence-electron chi connectivity index (χ1n) is 5.24. The maximum atomic E-state index is 10.5. The SMILES string of the molecule is CCCCn1nnnc1COC(C)C(=O)O. The molecule has 0 aromatic carbocycles. The molecule has 1 N–H and O–H groups in total. The number of carboxylic acid groups (broad SMARTS) is 1. The Balaban J connectivity index is 2.47. The van der Waals surface area contributed by atoms with Crippen molar-refractivity contribution in [1.29, 1.82) is 0 Å². The van der Waals surface area contributed by atoms with Gasteiger partial charge in [-0.2, -0.15) is 0 Å². The quantitative estimate of drug-likeness (QED) is 0.729. The van der Waals surface area contributed by atoms with Crippen LogP contribution in [-0.2, 0) is 22.7 Å². The van der Waals surface area contributed by atoms with Gasteiger partial charge in [0.2, 0.25) is 0 Å². The van der Waals surface area contributed by atoms with E-state index in [1.54, 1.807) is 4.68 Å². The fraction of sp³-hybridized carbons (Fsp3) is 0.778. The van der Waals surface area contributed by atoms with Crippen LogP contribution in [0.15, 0.2) is 0 Å². The van der Waals surface area contributed by atoms with E-state index in [-0.39, 0.29) is 6.61 Å². The molecule has 0 radical (unpaired) electrons. The first-order valence-corrected chi connectivity index (χ1v) is 5.24. The summed E-state index contributed by atoms with van der Waals surface area (Å²) >= 11 is 0. The predicted molar refractivity (Wildman–Crippen MR) is 54.6 cm³/mol. The van der Waals surface area contributed by atoms with Crippen molar-refractivity contribution in [3.8, 4) is 0 Å². The molecule has 0 fully saturated rings. The largest absolute Gasteiger partial charge is 0.479 e. The topological polar surface area (TPSA) is 90.1 Å². The number of hydrogen-bond donors (Lipinski definition) is 1. The van der Waals surface area contributed by atoms with E-state index in [1.807, 2.05) is 0 Å². The number of ether oxygens (including phenoxy) is 1. The molecule has 1 atom stereocenters. The fourth-order valence-electron chi connectivity index (χ4n) is 1.08. The fourth-order valence-corrected chi connectivity index (χ4v) is 1.08. The van der Waals surface area contributed by atoms with Gasteiger partial charge in [-0.3, -0.25) is 0 Å². The van der Waals surface area contributed by atoms with Crippen LogP contribution < -0.4 is 0 Å². The van der Waals surface area contributed by atoms with E-state index in [0.717, 1.165) is 19.4 Å². The van der Waals surface area contributed by atoms with Gasteiger partial charge in [0.15, 0.2) is 11.9 Å². The van der Waals surface area contributed by atoms with Gasteiger partial charge in [-0.15, -0.1) is 5.10 Å². The molecule has 0 saturated heterocycles. The number of tetrazole rings is 1. The highest BCUT2D eigenvalue weighted by Gasteiger charge is 2.13. The molecule has 0 bridgehead atoms. The van der Waals surface area contributed by atoms with Crippen LogP contribution >= 0.6 is 0 Å². The summed E-state index contributed by atoms with van der Waals surface area (Å²) in [5.74, 6) is -0.436. The molecule has 1 aromatic rings. The summed E-state index contributed by atoms with van der Waals surface area (Å²) in [6.45, 7) is 4.39. The molecule has 1 heterocycles. The molecule has 1 aromatic heterocycles. The average Bonchev–Trinajstić information content (AvgIpc) is 2.70. The van der Waals surface area contributed by atoms with Crippen molar-refractivity contribution in [2.45, 2.75) is 45.9 Å². The lowest BCUT2D eigenvalue weighted by molar-refractivity contribution is -0.150. The summed E-state index contributed by atoms with van der Waals surface area (Å²) in [5.41, 5.74) is 0. The van der Waals surface area contributed by atoms with E-state index < -0.39 is 12.1 Å². The standard InChI is InChI=1S/C9H16N4O3/c1-3-4-5-13-8(10-11-12-13)6-16-7(2)9(14)15/h7H,3-6H2,1-2H3,(H,14,15). The molecule has 0 amide bonds. The molecule has 0 spiro atoms. The Morgan fingerprint density at radius 3 is 3.00 bits per heavy atom. The number of aromatic nitrogens is 4. The zero-order valence-electron chi connectivity index (χ0n) is 9.46. The molecular weight excluding hydrogens is 212 g/mol. The number of carboxylic acids is 1. The van der Waals surface area contributed by atoms with Gasteiger partial charge in [-0.1, -0.05) is 13.3 Å². The molecule has 0 aliphatic heterocycles. The minimum atomic E-state index is -0.993. The third kappa shape index (κ3) is 3.58. The van der Waals surface area contributed by atoms with E-state index in [4.69, 9.17) is 9.84 Å². The number of hydrogen-bond acceptors (Lipinski definition) is 5. The van der Waals surface area contributed by atoms with Crippen molar-refractivity contribution >= 4 is 5.97 Å². The molecule has 0 aliphatic rings. The number of nitrogens with zero attached hydrogens (tertiary/aromatic N) is 4. The second-order valence-corrected chi connectivity index (χ2v) is 3.46. The van der Waals surface area contributed by atoms with Crippen LogP contribution in [0.25, 0.3) is 0 Å². The van der Waals surface area contributed by atoms with E-state index in [1.165, 1.54) is 6.92 Å². The van der Waals surface area contributed by atoms with Crippen LogP contribution in [0.1, 0.15) is 32.5 Å². The van der Waals surface area contributed by atoms with Crippen molar-refractivity contribution in [2.24, 2.45) is 0 Å². The zero-order chi connectivity index (χ0) is 12.0. The van der Waals surface area contributed by atoms with Crippen molar-refractivity contribution < 1.29 is 14.6 Å². The highest BCUT2D eigenvalue weighted by Crippen LogP contribution is 2.01. The molecule has 7 heteroatoms. The van der Waals surface area contributed by atoms with Crippen molar-refractivity contribution in [3.63, 3.8) is 0 Å². The number of aryl methyl sites for hydroxylation is 1. The number of rotatable bonds is 7. The van der Waals surface area contributed by atoms with Gasteiger partial charge in [0, 0.05) is 6.54 Å². The van der Waals surface area contributed by atoms with Crippen LogP contribution in [0.5, 0.6) is 0 Å². The maximum Gasteiger partial charge on any atom is 0.332 e. The number of carbonyl (C=O) groups is 1. The van der Waals surface area contributed by atoms with Gasteiger partial charge in [-0.05, 0) is 23.8 Å². The summed E-state index contributed by atoms with van der Waals surface area (Å²) in [6.07, 6.45) is 1.18. The summed E-state index contributed by atoms with van der Waals surface area (Å²) in [6, 6.07) is 0. The van der Waals surface area contributed by atoms with E-state index in [9.17, 15) is 4.79 Å². The van der Waals surface area contributed by atoms with E-state index in [2.05, 4.69) is 22.4 Å². The van der Waals surface area contributed by atoms with Crippen molar-refractivity contribution in [1.82, 2.24) is 20.2 Å². The summed E-state index contributed by atoms with van der Waals surface area (Å²) < 4.78 is 6.74. The maximum absolute atomic E-state index is 10.5. The highest BCUT2D eigenvalue weighted by atomic mass is 16.5. The normalized spacial score (nSPS) is 12.6. The number of unbranched alkanes of at least 4 members (excludes halogenated alkanes) is 1. The second kappa shape index (κ2) is 6.16. The van der Waals surface area contributed by atoms with Gasteiger partial charge in [0.25, 0.3) is 0 Å². The number of aliphatic carboxylic acids is 1. The van der Waals surface area contributed by atoms with Gasteiger partial charge < -0.3 is 9.84 Å². The molecule has 1 unspecified atom stereocenters. The van der Waals surface area contributed by atoms with Crippen LogP contribution in [0.3, 0.4) is 0 Å². The summed E-state index contributed by atoms with van der Waals surface area (Å²) in [5, 5.41) is 19.8. The third-order valence-corrected chi connectivity index (χ3v) is 2.14. The Morgan fingerprint density at radius 1 is 1.62 bits per heavy atom. The van der Waals surface area contributed by atoms with Crippen LogP contribution in [0.4, 0.5) is 0 Å². The van der Waals surface area contributed by atoms with Crippen LogP contribution in [0, 0.1) is 0 Å². The van der Waals surface area contributed by atoms with E-state index >= 15 is 0 Å². The molecule has 16 heavy (non-hydrogen) atoms. The first kappa shape index (κ1) is 12.6. The highest BCUT2D eigenvalue weighted by molar-refractivity contribution is 5.71. The summed E-state index contributed by atoms with van der Waals surface area (Å²) in [4.78, 5) is 10.5. The van der Waals surface area contributed by atoms with Gasteiger partial charge >= 0.3 is 5.97 Å². The Hall–Kier alpha value is -1.50. The molecule has 7 nitrogen and oxygen atoms in total. The lowest BCUT2D eigenvalue weighted by atomic mass is 10.3. The molecular formula is C9H16N4O3. The lowest BCUT2D eigenvalue weighted by Crippen LogP contribution is -2.20. The van der Waals surface area contributed by atoms with Crippen LogP contribution in [-0.4, -0.2) is 37.4 Å². The van der Waals surface area contributed by atoms with Gasteiger partial charge in [0.1, 0.15) is 6.61 Å². The van der Waals surface area contributed by atoms with Crippen molar-refractivity contribution in [3.05, 3.63) is 5.82 Å². The van der Waals surface area contributed by atoms with Gasteiger partial charge in [0.05, 0.1) is 0 Å².